The lowest BCUT2D eigenvalue weighted by atomic mass is 9.94. The number of rotatable bonds is 10. The number of hydrogen-bond acceptors (Lipinski definition) is 1. The van der Waals surface area contributed by atoms with Crippen LogP contribution in [-0.4, -0.2) is 20.9 Å². The third kappa shape index (κ3) is 9.49. The van der Waals surface area contributed by atoms with E-state index in [9.17, 15) is 5.11 Å². The van der Waals surface area contributed by atoms with E-state index in [1.807, 2.05) is 0 Å². The molecule has 1 nitrogen and oxygen atoms in total. The third-order valence-electron chi connectivity index (χ3n) is 3.38. The number of hydrogen-bond donors (Lipinski definition) is 1. The maximum Gasteiger partial charge on any atom is 0.0576 e. The van der Waals surface area contributed by atoms with Crippen molar-refractivity contribution < 1.29 is 5.11 Å². The van der Waals surface area contributed by atoms with Gasteiger partial charge < -0.3 is 5.11 Å². The molecular formula is C14H28Br2O. The highest BCUT2D eigenvalue weighted by molar-refractivity contribution is 9.09. The molecule has 4 unspecified atom stereocenters. The summed E-state index contributed by atoms with van der Waals surface area (Å²) < 4.78 is 0. The topological polar surface area (TPSA) is 20.2 Å². The second kappa shape index (κ2) is 10.8. The van der Waals surface area contributed by atoms with Crippen molar-refractivity contribution in [3.63, 3.8) is 0 Å². The minimum atomic E-state index is -0.153. The van der Waals surface area contributed by atoms with E-state index in [1.165, 1.54) is 25.7 Å². The Labute approximate surface area is 124 Å². The van der Waals surface area contributed by atoms with Crippen molar-refractivity contribution in [3.8, 4) is 0 Å². The summed E-state index contributed by atoms with van der Waals surface area (Å²) in [6.45, 7) is 6.54. The van der Waals surface area contributed by atoms with Crippen molar-refractivity contribution in [2.75, 3.05) is 0 Å². The molecule has 1 N–H and O–H groups in total. The van der Waals surface area contributed by atoms with Gasteiger partial charge in [-0.3, -0.25) is 0 Å². The molecule has 104 valence electrons. The number of aliphatic hydroxyl groups is 1. The molecule has 0 amide bonds. The van der Waals surface area contributed by atoms with Gasteiger partial charge in [0.2, 0.25) is 0 Å². The molecule has 0 aliphatic rings. The molecule has 0 bridgehead atoms. The molecule has 0 heterocycles. The highest BCUT2D eigenvalue weighted by Crippen LogP contribution is 2.23. The molecule has 17 heavy (non-hydrogen) atoms. The molecule has 0 saturated heterocycles. The van der Waals surface area contributed by atoms with Gasteiger partial charge in [0.15, 0.2) is 0 Å². The van der Waals surface area contributed by atoms with Gasteiger partial charge in [-0.05, 0) is 38.0 Å². The highest BCUT2D eigenvalue weighted by atomic mass is 79.9. The van der Waals surface area contributed by atoms with Crippen LogP contribution in [0.1, 0.15) is 65.7 Å². The first kappa shape index (κ1) is 17.9. The van der Waals surface area contributed by atoms with Crippen LogP contribution >= 0.6 is 31.9 Å². The zero-order chi connectivity index (χ0) is 13.3. The Morgan fingerprint density at radius 2 is 1.65 bits per heavy atom. The zero-order valence-corrected chi connectivity index (χ0v) is 14.6. The Balaban J connectivity index is 3.66. The first-order valence-electron chi connectivity index (χ1n) is 6.97. The maximum atomic E-state index is 10.0. The second-order valence-corrected chi connectivity index (χ2v) is 7.69. The quantitative estimate of drug-likeness (QED) is 0.518. The molecule has 0 saturated carbocycles. The Bertz CT molecular complexity index is 176. The van der Waals surface area contributed by atoms with Crippen molar-refractivity contribution in [2.24, 2.45) is 5.92 Å². The van der Waals surface area contributed by atoms with Gasteiger partial charge in [-0.2, -0.15) is 0 Å². The predicted molar refractivity (Wildman–Crippen MR) is 84.3 cm³/mol. The number of alkyl halides is 2. The van der Waals surface area contributed by atoms with E-state index in [4.69, 9.17) is 0 Å². The minimum absolute atomic E-state index is 0.153. The Morgan fingerprint density at radius 1 is 1.00 bits per heavy atom. The van der Waals surface area contributed by atoms with Crippen LogP contribution in [0.15, 0.2) is 0 Å². The summed E-state index contributed by atoms with van der Waals surface area (Å²) in [5, 5.41) is 10.0. The maximum absolute atomic E-state index is 10.0. The molecule has 0 aromatic rings. The van der Waals surface area contributed by atoms with E-state index in [0.29, 0.717) is 15.6 Å². The monoisotopic (exact) mass is 370 g/mol. The fraction of sp³-hybridized carbons (Fsp3) is 1.00. The Kier molecular flexibility index (Phi) is 11.4. The molecule has 0 aliphatic heterocycles. The van der Waals surface area contributed by atoms with Gasteiger partial charge in [0, 0.05) is 9.65 Å². The van der Waals surface area contributed by atoms with Crippen molar-refractivity contribution in [1.29, 1.82) is 0 Å². The Hall–Kier alpha value is 0.920. The van der Waals surface area contributed by atoms with Crippen LogP contribution in [0, 0.1) is 5.92 Å². The van der Waals surface area contributed by atoms with Crippen molar-refractivity contribution in [1.82, 2.24) is 0 Å². The van der Waals surface area contributed by atoms with Crippen LogP contribution in [-0.2, 0) is 0 Å². The van der Waals surface area contributed by atoms with Crippen LogP contribution in [0.25, 0.3) is 0 Å². The lowest BCUT2D eigenvalue weighted by molar-refractivity contribution is 0.101. The van der Waals surface area contributed by atoms with Gasteiger partial charge in [-0.25, -0.2) is 0 Å². The average Bonchev–Trinajstić information content (AvgIpc) is 2.28. The van der Waals surface area contributed by atoms with E-state index in [0.717, 1.165) is 19.3 Å². The standard InChI is InChI=1S/C14H28Br2O/c1-4-7-13(16)9-6-8-11(3)14(17)10-12(15)5-2/h11-14,17H,4-10H2,1-3H3. The van der Waals surface area contributed by atoms with Crippen LogP contribution in [0.4, 0.5) is 0 Å². The smallest absolute Gasteiger partial charge is 0.0576 e. The van der Waals surface area contributed by atoms with Gasteiger partial charge in [0.05, 0.1) is 6.10 Å². The Morgan fingerprint density at radius 3 is 2.18 bits per heavy atom. The van der Waals surface area contributed by atoms with Crippen LogP contribution in [0.5, 0.6) is 0 Å². The highest BCUT2D eigenvalue weighted by Gasteiger charge is 2.17. The van der Waals surface area contributed by atoms with Crippen molar-refractivity contribution in [2.45, 2.75) is 81.5 Å². The molecular weight excluding hydrogens is 344 g/mol. The van der Waals surface area contributed by atoms with Gasteiger partial charge in [-0.1, -0.05) is 65.5 Å². The molecule has 0 aliphatic carbocycles. The first-order chi connectivity index (χ1) is 8.01. The van der Waals surface area contributed by atoms with E-state index in [-0.39, 0.29) is 6.10 Å². The van der Waals surface area contributed by atoms with Gasteiger partial charge in [-0.15, -0.1) is 0 Å². The summed E-state index contributed by atoms with van der Waals surface area (Å²) in [5.74, 6) is 0.419. The molecule has 0 radical (unpaired) electrons. The molecule has 0 spiro atoms. The number of halogens is 2. The average molecular weight is 372 g/mol. The summed E-state index contributed by atoms with van der Waals surface area (Å²) in [5.41, 5.74) is 0. The molecule has 0 fully saturated rings. The molecule has 0 rings (SSSR count). The first-order valence-corrected chi connectivity index (χ1v) is 8.80. The lowest BCUT2D eigenvalue weighted by Gasteiger charge is -2.21. The third-order valence-corrected chi connectivity index (χ3v) is 5.31. The molecule has 0 aromatic carbocycles. The second-order valence-electron chi connectivity index (χ2n) is 5.10. The van der Waals surface area contributed by atoms with Gasteiger partial charge in [0.1, 0.15) is 0 Å². The van der Waals surface area contributed by atoms with Gasteiger partial charge in [0.25, 0.3) is 0 Å². The van der Waals surface area contributed by atoms with E-state index in [2.05, 4.69) is 52.6 Å². The fourth-order valence-electron chi connectivity index (χ4n) is 1.97. The summed E-state index contributed by atoms with van der Waals surface area (Å²) in [6.07, 6.45) is 7.90. The van der Waals surface area contributed by atoms with E-state index >= 15 is 0 Å². The SMILES string of the molecule is CCCC(Br)CCCC(C)C(O)CC(Br)CC. The van der Waals surface area contributed by atoms with E-state index in [1.54, 1.807) is 0 Å². The summed E-state index contributed by atoms with van der Waals surface area (Å²) >= 11 is 7.30. The van der Waals surface area contributed by atoms with Crippen molar-refractivity contribution >= 4 is 31.9 Å². The number of aliphatic hydroxyl groups excluding tert-OH is 1. The lowest BCUT2D eigenvalue weighted by Crippen LogP contribution is -2.21. The summed E-state index contributed by atoms with van der Waals surface area (Å²) in [4.78, 5) is 1.13. The summed E-state index contributed by atoms with van der Waals surface area (Å²) in [7, 11) is 0. The largest absolute Gasteiger partial charge is 0.393 e. The molecule has 3 heteroatoms. The van der Waals surface area contributed by atoms with E-state index < -0.39 is 0 Å². The van der Waals surface area contributed by atoms with Gasteiger partial charge >= 0.3 is 0 Å². The van der Waals surface area contributed by atoms with Crippen molar-refractivity contribution in [3.05, 3.63) is 0 Å². The van der Waals surface area contributed by atoms with Crippen LogP contribution in [0.2, 0.25) is 0 Å². The minimum Gasteiger partial charge on any atom is -0.393 e. The molecule has 0 aromatic heterocycles. The normalized spacial score (nSPS) is 18.7. The molecule has 4 atom stereocenters. The fourth-order valence-corrected chi connectivity index (χ4v) is 3.14. The van der Waals surface area contributed by atoms with Crippen LogP contribution in [0.3, 0.4) is 0 Å². The summed E-state index contributed by atoms with van der Waals surface area (Å²) in [6, 6.07) is 0. The zero-order valence-electron chi connectivity index (χ0n) is 11.5. The predicted octanol–water partition coefficient (Wildman–Crippen LogP) is 5.28. The van der Waals surface area contributed by atoms with Crippen LogP contribution < -0.4 is 0 Å².